The zero-order valence-electron chi connectivity index (χ0n) is 11.1. The third kappa shape index (κ3) is 2.09. The van der Waals surface area contributed by atoms with Crippen LogP contribution in [0.2, 0.25) is 0 Å². The largest absolute Gasteiger partial charge is 0.383 e. The highest BCUT2D eigenvalue weighted by atomic mass is 16.5. The summed E-state index contributed by atoms with van der Waals surface area (Å²) >= 11 is 0. The Morgan fingerprint density at radius 2 is 2.11 bits per heavy atom. The lowest BCUT2D eigenvalue weighted by molar-refractivity contribution is -0.0369. The Morgan fingerprint density at radius 1 is 1.44 bits per heavy atom. The summed E-state index contributed by atoms with van der Waals surface area (Å²) in [7, 11) is 1.75. The van der Waals surface area contributed by atoms with Crippen molar-refractivity contribution in [1.29, 1.82) is 0 Å². The molecule has 0 aliphatic heterocycles. The fourth-order valence-corrected chi connectivity index (χ4v) is 3.05. The van der Waals surface area contributed by atoms with Gasteiger partial charge in [0, 0.05) is 18.9 Å². The monoisotopic (exact) mass is 250 g/mol. The summed E-state index contributed by atoms with van der Waals surface area (Å²) in [5.41, 5.74) is 10.7. The molecule has 100 valence electrons. The number of anilines is 1. The summed E-state index contributed by atoms with van der Waals surface area (Å²) in [6.07, 6.45) is 6.02. The van der Waals surface area contributed by atoms with Crippen molar-refractivity contribution in [2.45, 2.75) is 44.2 Å². The van der Waals surface area contributed by atoms with Crippen LogP contribution in [0.3, 0.4) is 0 Å². The number of nitrogen functional groups attached to an aromatic ring is 1. The molecule has 1 heterocycles. The van der Waals surface area contributed by atoms with Crippen LogP contribution in [0, 0.1) is 6.92 Å². The van der Waals surface area contributed by atoms with Crippen LogP contribution >= 0.6 is 0 Å². The van der Waals surface area contributed by atoms with E-state index in [1.807, 2.05) is 13.0 Å². The third-order valence-corrected chi connectivity index (χ3v) is 4.08. The second-order valence-corrected chi connectivity index (χ2v) is 5.00. The zero-order valence-corrected chi connectivity index (χ0v) is 11.1. The summed E-state index contributed by atoms with van der Waals surface area (Å²) in [5.74, 6) is 6.30. The molecule has 1 aliphatic rings. The Bertz CT molecular complexity index is 395. The molecular weight excluding hydrogens is 228 g/mol. The molecule has 5 nitrogen and oxygen atoms in total. The van der Waals surface area contributed by atoms with Crippen LogP contribution in [-0.4, -0.2) is 17.7 Å². The Balaban J connectivity index is 2.44. The van der Waals surface area contributed by atoms with Crippen LogP contribution in [0.25, 0.3) is 0 Å². The first-order chi connectivity index (χ1) is 8.64. The van der Waals surface area contributed by atoms with Crippen molar-refractivity contribution in [3.63, 3.8) is 0 Å². The Kier molecular flexibility index (Phi) is 3.85. The van der Waals surface area contributed by atoms with Gasteiger partial charge in [-0.15, -0.1) is 0 Å². The molecule has 1 aromatic heterocycles. The molecular formula is C13H22N4O. The van der Waals surface area contributed by atoms with Gasteiger partial charge in [-0.2, -0.15) is 0 Å². The van der Waals surface area contributed by atoms with Crippen LogP contribution in [-0.2, 0) is 4.74 Å². The van der Waals surface area contributed by atoms with E-state index in [2.05, 4.69) is 10.4 Å². The van der Waals surface area contributed by atoms with E-state index >= 15 is 0 Å². The number of hydrazine groups is 1. The molecule has 5 N–H and O–H groups in total. The molecule has 1 unspecified atom stereocenters. The topological polar surface area (TPSA) is 86.2 Å². The molecule has 0 aromatic carbocycles. The summed E-state index contributed by atoms with van der Waals surface area (Å²) < 4.78 is 5.79. The minimum atomic E-state index is -0.267. The molecule has 18 heavy (non-hydrogen) atoms. The van der Waals surface area contributed by atoms with Crippen LogP contribution in [0.15, 0.2) is 12.3 Å². The second-order valence-electron chi connectivity index (χ2n) is 5.00. The summed E-state index contributed by atoms with van der Waals surface area (Å²) in [4.78, 5) is 4.17. The van der Waals surface area contributed by atoms with Crippen molar-refractivity contribution in [1.82, 2.24) is 10.4 Å². The predicted molar refractivity (Wildman–Crippen MR) is 71.7 cm³/mol. The maximum Gasteiger partial charge on any atom is 0.128 e. The first kappa shape index (κ1) is 13.3. The number of aryl methyl sites for hydroxylation is 1. The number of hydrogen-bond donors (Lipinski definition) is 3. The number of methoxy groups -OCH3 is 1. The summed E-state index contributed by atoms with van der Waals surface area (Å²) in [5, 5.41) is 0. The molecule has 0 radical (unpaired) electrons. The van der Waals surface area contributed by atoms with Crippen LogP contribution in [0.1, 0.15) is 42.9 Å². The van der Waals surface area contributed by atoms with Gasteiger partial charge in [0.2, 0.25) is 0 Å². The molecule has 1 atom stereocenters. The highest BCUT2D eigenvalue weighted by Gasteiger charge is 2.43. The fourth-order valence-electron chi connectivity index (χ4n) is 3.05. The molecule has 0 spiro atoms. The number of ether oxygens (including phenoxy) is 1. The number of nitrogens with one attached hydrogen (secondary N) is 1. The molecule has 0 amide bonds. The van der Waals surface area contributed by atoms with Gasteiger partial charge in [0.1, 0.15) is 5.82 Å². The molecule has 5 heteroatoms. The van der Waals surface area contributed by atoms with Crippen LogP contribution in [0.4, 0.5) is 5.82 Å². The Hall–Kier alpha value is -1.17. The van der Waals surface area contributed by atoms with Crippen molar-refractivity contribution in [2.24, 2.45) is 5.84 Å². The first-order valence-corrected chi connectivity index (χ1v) is 6.37. The first-order valence-electron chi connectivity index (χ1n) is 6.37. The van der Waals surface area contributed by atoms with Gasteiger partial charge in [0.15, 0.2) is 0 Å². The predicted octanol–water partition coefficient (Wildman–Crippen LogP) is 1.44. The van der Waals surface area contributed by atoms with Crippen LogP contribution in [0.5, 0.6) is 0 Å². The lowest BCUT2D eigenvalue weighted by Crippen LogP contribution is -2.47. The van der Waals surface area contributed by atoms with Crippen molar-refractivity contribution >= 4 is 5.82 Å². The Labute approximate surface area is 108 Å². The standard InChI is InChI=1S/C13H22N4O/c1-9-5-8-16-12(14)10(9)11(17-15)13(18-2)6-3-4-7-13/h5,8,11,17H,3-4,6-7,15H2,1-2H3,(H2,14,16). The number of pyridine rings is 1. The van der Waals surface area contributed by atoms with Crippen molar-refractivity contribution < 1.29 is 4.74 Å². The highest BCUT2D eigenvalue weighted by Crippen LogP contribution is 2.43. The van der Waals surface area contributed by atoms with E-state index in [-0.39, 0.29) is 11.6 Å². The van der Waals surface area contributed by atoms with E-state index in [0.717, 1.165) is 36.8 Å². The maximum atomic E-state index is 6.02. The van der Waals surface area contributed by atoms with E-state index in [0.29, 0.717) is 5.82 Å². The molecule has 1 aromatic rings. The van der Waals surface area contributed by atoms with Crippen molar-refractivity contribution in [3.8, 4) is 0 Å². The minimum absolute atomic E-state index is 0.112. The number of hydrogen-bond acceptors (Lipinski definition) is 5. The van der Waals surface area contributed by atoms with Gasteiger partial charge >= 0.3 is 0 Å². The van der Waals surface area contributed by atoms with E-state index < -0.39 is 0 Å². The van der Waals surface area contributed by atoms with Gasteiger partial charge in [-0.05, 0) is 31.4 Å². The molecule has 0 bridgehead atoms. The Morgan fingerprint density at radius 3 is 2.61 bits per heavy atom. The molecule has 2 rings (SSSR count). The normalized spacial score (nSPS) is 19.9. The SMILES string of the molecule is COC1(C(NN)c2c(C)ccnc2N)CCCC1. The van der Waals surface area contributed by atoms with Gasteiger partial charge in [-0.3, -0.25) is 5.84 Å². The van der Waals surface area contributed by atoms with E-state index in [9.17, 15) is 0 Å². The second kappa shape index (κ2) is 5.22. The molecule has 0 saturated heterocycles. The average Bonchev–Trinajstić information content (AvgIpc) is 2.84. The highest BCUT2D eigenvalue weighted by molar-refractivity contribution is 5.47. The van der Waals surface area contributed by atoms with Gasteiger partial charge < -0.3 is 10.5 Å². The van der Waals surface area contributed by atoms with Crippen molar-refractivity contribution in [3.05, 3.63) is 23.4 Å². The molecule has 1 aliphatic carbocycles. The average molecular weight is 250 g/mol. The lowest BCUT2D eigenvalue weighted by atomic mass is 9.85. The van der Waals surface area contributed by atoms with Gasteiger partial charge in [0.25, 0.3) is 0 Å². The van der Waals surface area contributed by atoms with E-state index in [1.54, 1.807) is 13.3 Å². The molecule has 1 fully saturated rings. The number of rotatable bonds is 4. The maximum absolute atomic E-state index is 6.02. The van der Waals surface area contributed by atoms with E-state index in [1.165, 1.54) is 0 Å². The molecule has 1 saturated carbocycles. The van der Waals surface area contributed by atoms with Gasteiger partial charge in [-0.1, -0.05) is 12.8 Å². The third-order valence-electron chi connectivity index (χ3n) is 4.08. The van der Waals surface area contributed by atoms with E-state index in [4.69, 9.17) is 16.3 Å². The fraction of sp³-hybridized carbons (Fsp3) is 0.615. The quantitative estimate of drug-likeness (QED) is 0.556. The van der Waals surface area contributed by atoms with Gasteiger partial charge in [0.05, 0.1) is 11.6 Å². The summed E-state index contributed by atoms with van der Waals surface area (Å²) in [6.45, 7) is 2.02. The number of aromatic nitrogens is 1. The minimum Gasteiger partial charge on any atom is -0.383 e. The smallest absolute Gasteiger partial charge is 0.128 e. The lowest BCUT2D eigenvalue weighted by Gasteiger charge is -2.37. The summed E-state index contributed by atoms with van der Waals surface area (Å²) in [6, 6.07) is 1.84. The zero-order chi connectivity index (χ0) is 13.2. The number of nitrogens with two attached hydrogens (primary N) is 2. The van der Waals surface area contributed by atoms with Crippen molar-refractivity contribution in [2.75, 3.05) is 12.8 Å². The number of nitrogens with zero attached hydrogens (tertiary/aromatic N) is 1. The van der Waals surface area contributed by atoms with Crippen LogP contribution < -0.4 is 17.0 Å². The van der Waals surface area contributed by atoms with Gasteiger partial charge in [-0.25, -0.2) is 10.4 Å².